The van der Waals surface area contributed by atoms with Crippen molar-refractivity contribution in [1.82, 2.24) is 5.32 Å². The van der Waals surface area contributed by atoms with Crippen LogP contribution >= 0.6 is 23.2 Å². The van der Waals surface area contributed by atoms with Crippen molar-refractivity contribution < 1.29 is 23.1 Å². The third-order valence-corrected chi connectivity index (χ3v) is 5.63. The van der Waals surface area contributed by atoms with Crippen molar-refractivity contribution in [3.05, 3.63) is 62.9 Å². The number of anilines is 1. The summed E-state index contributed by atoms with van der Waals surface area (Å²) < 4.78 is 41.3. The van der Waals surface area contributed by atoms with Gasteiger partial charge < -0.3 is 15.7 Å². The maximum atomic E-state index is 14.1. The number of hydrogen-bond acceptors (Lipinski definition) is 2. The van der Waals surface area contributed by atoms with Gasteiger partial charge in [-0.15, -0.1) is 0 Å². The van der Waals surface area contributed by atoms with Crippen LogP contribution < -0.4 is 10.6 Å². The number of fused-ring (bicyclic) bond motifs is 1. The first-order valence-electron chi connectivity index (χ1n) is 8.38. The first kappa shape index (κ1) is 20.8. The van der Waals surface area contributed by atoms with Crippen LogP contribution in [0, 0.1) is 5.82 Å². The third kappa shape index (κ3) is 3.54. The Morgan fingerprint density at radius 3 is 2.46 bits per heavy atom. The average Bonchev–Trinajstić information content (AvgIpc) is 2.78. The van der Waals surface area contributed by atoms with Gasteiger partial charge in [-0.3, -0.25) is 0 Å². The number of hydrogen-bond donors (Lipinski definition) is 3. The Balaban J connectivity index is 1.82. The topological polar surface area (TPSA) is 61.4 Å². The second-order valence-electron chi connectivity index (χ2n) is 6.90. The van der Waals surface area contributed by atoms with Gasteiger partial charge in [0.05, 0.1) is 21.8 Å². The molecule has 0 aromatic heterocycles. The highest BCUT2D eigenvalue weighted by atomic mass is 35.5. The molecular weight excluding hydrogens is 416 g/mol. The molecule has 150 valence electrons. The smallest absolute Gasteiger partial charge is 0.319 e. The van der Waals surface area contributed by atoms with E-state index in [9.17, 15) is 23.1 Å². The lowest BCUT2D eigenvalue weighted by atomic mass is 9.96. The molecule has 2 aromatic carbocycles. The number of carbonyl (C=O) groups excluding carboxylic acids is 1. The van der Waals surface area contributed by atoms with E-state index in [1.807, 2.05) is 0 Å². The molecule has 0 heterocycles. The lowest BCUT2D eigenvalue weighted by Crippen LogP contribution is -2.38. The highest BCUT2D eigenvalue weighted by Gasteiger charge is 2.57. The van der Waals surface area contributed by atoms with Gasteiger partial charge in [-0.25, -0.2) is 18.0 Å². The van der Waals surface area contributed by atoms with Crippen LogP contribution in [0.4, 0.5) is 23.7 Å². The van der Waals surface area contributed by atoms with Gasteiger partial charge in [0.1, 0.15) is 5.82 Å². The van der Waals surface area contributed by atoms with E-state index in [-0.39, 0.29) is 26.9 Å². The van der Waals surface area contributed by atoms with E-state index in [0.717, 1.165) is 6.92 Å². The molecule has 0 bridgehead atoms. The number of benzene rings is 2. The molecule has 0 saturated heterocycles. The number of amides is 2. The molecule has 0 saturated carbocycles. The Morgan fingerprint density at radius 1 is 1.25 bits per heavy atom. The summed E-state index contributed by atoms with van der Waals surface area (Å²) in [7, 11) is 0. The van der Waals surface area contributed by atoms with Crippen molar-refractivity contribution in [2.45, 2.75) is 37.8 Å². The number of rotatable bonds is 3. The Labute approximate surface area is 169 Å². The summed E-state index contributed by atoms with van der Waals surface area (Å²) >= 11 is 12.3. The summed E-state index contributed by atoms with van der Waals surface area (Å²) in [5.41, 5.74) is -1.81. The van der Waals surface area contributed by atoms with Gasteiger partial charge in [0.15, 0.2) is 5.60 Å². The zero-order valence-corrected chi connectivity index (χ0v) is 16.4. The molecule has 9 heteroatoms. The molecule has 3 rings (SSSR count). The van der Waals surface area contributed by atoms with Gasteiger partial charge in [0.25, 0.3) is 5.92 Å². The zero-order chi connectivity index (χ0) is 20.9. The van der Waals surface area contributed by atoms with Gasteiger partial charge in [-0.1, -0.05) is 35.3 Å². The summed E-state index contributed by atoms with van der Waals surface area (Å²) in [6.07, 6.45) is -0.770. The Morgan fingerprint density at radius 2 is 1.86 bits per heavy atom. The fourth-order valence-electron chi connectivity index (χ4n) is 3.15. The summed E-state index contributed by atoms with van der Waals surface area (Å²) in [4.78, 5) is 12.3. The number of carbonyl (C=O) groups is 1. The van der Waals surface area contributed by atoms with Crippen LogP contribution in [-0.4, -0.2) is 17.1 Å². The number of alkyl halides is 2. The summed E-state index contributed by atoms with van der Waals surface area (Å²) in [5.74, 6) is -3.81. The second kappa shape index (κ2) is 7.13. The molecule has 1 aliphatic carbocycles. The van der Waals surface area contributed by atoms with E-state index in [4.69, 9.17) is 23.2 Å². The average molecular weight is 433 g/mol. The van der Waals surface area contributed by atoms with E-state index in [1.165, 1.54) is 30.3 Å². The molecule has 2 amide bonds. The first-order chi connectivity index (χ1) is 12.9. The third-order valence-electron chi connectivity index (χ3n) is 4.91. The minimum absolute atomic E-state index is 0.0283. The van der Waals surface area contributed by atoms with E-state index in [1.54, 1.807) is 6.92 Å². The van der Waals surface area contributed by atoms with E-state index in [0.29, 0.717) is 5.56 Å². The van der Waals surface area contributed by atoms with Crippen LogP contribution in [0.2, 0.25) is 10.0 Å². The van der Waals surface area contributed by atoms with Crippen LogP contribution in [-0.2, 0) is 12.0 Å². The molecular formula is C19H17Cl2F3N2O2. The fourth-order valence-corrected chi connectivity index (χ4v) is 3.77. The number of halogens is 5. The molecule has 1 aliphatic rings. The van der Waals surface area contributed by atoms with Crippen molar-refractivity contribution in [2.24, 2.45) is 0 Å². The van der Waals surface area contributed by atoms with Crippen LogP contribution in [0.15, 0.2) is 30.3 Å². The number of nitrogens with one attached hydrogen (secondary N) is 2. The Hall–Kier alpha value is -1.96. The van der Waals surface area contributed by atoms with E-state index >= 15 is 0 Å². The standard InChI is InChI=1S/C19H17Cl2F3N2O2/c1-9(10-3-5-11(22)6-4-10)25-17(27)26-16-14(20)7-13-12(15(16)21)8-19(23,24)18(13,2)28/h3-7,9,28H,8H2,1-2H3,(H2,25,26,27). The molecule has 3 N–H and O–H groups in total. The molecule has 0 aliphatic heterocycles. The maximum absolute atomic E-state index is 14.1. The van der Waals surface area contributed by atoms with Crippen molar-refractivity contribution in [3.8, 4) is 0 Å². The summed E-state index contributed by atoms with van der Waals surface area (Å²) in [6, 6.07) is 5.65. The van der Waals surface area contributed by atoms with Crippen molar-refractivity contribution in [3.63, 3.8) is 0 Å². The fraction of sp³-hybridized carbons (Fsp3) is 0.316. The molecule has 28 heavy (non-hydrogen) atoms. The van der Waals surface area contributed by atoms with E-state index in [2.05, 4.69) is 10.6 Å². The van der Waals surface area contributed by atoms with E-state index < -0.39 is 35.8 Å². The largest absolute Gasteiger partial charge is 0.379 e. The van der Waals surface area contributed by atoms with Crippen molar-refractivity contribution in [1.29, 1.82) is 0 Å². The van der Waals surface area contributed by atoms with Crippen molar-refractivity contribution in [2.75, 3.05) is 5.32 Å². The SMILES string of the molecule is CC(NC(=O)Nc1c(Cl)cc2c(c1Cl)CC(F)(F)C2(C)O)c1ccc(F)cc1. The summed E-state index contributed by atoms with van der Waals surface area (Å²) in [6.45, 7) is 2.69. The van der Waals surface area contributed by atoms with Crippen molar-refractivity contribution >= 4 is 34.9 Å². The molecule has 2 unspecified atom stereocenters. The highest BCUT2D eigenvalue weighted by molar-refractivity contribution is 6.40. The molecule has 2 atom stereocenters. The number of aliphatic hydroxyl groups is 1. The van der Waals surface area contributed by atoms with Gasteiger partial charge in [-0.2, -0.15) is 0 Å². The second-order valence-corrected chi connectivity index (χ2v) is 7.68. The van der Waals surface area contributed by atoms with Crippen LogP contribution in [0.3, 0.4) is 0 Å². The van der Waals surface area contributed by atoms with Crippen LogP contribution in [0.25, 0.3) is 0 Å². The van der Waals surface area contributed by atoms with Crippen LogP contribution in [0.5, 0.6) is 0 Å². The van der Waals surface area contributed by atoms with Gasteiger partial charge >= 0.3 is 6.03 Å². The minimum atomic E-state index is -3.42. The van der Waals surface area contributed by atoms with Gasteiger partial charge in [-0.05, 0) is 48.7 Å². The van der Waals surface area contributed by atoms with Gasteiger partial charge in [0, 0.05) is 6.42 Å². The molecule has 2 aromatic rings. The normalized spacial score (nSPS) is 21.1. The number of urea groups is 1. The van der Waals surface area contributed by atoms with Crippen LogP contribution in [0.1, 0.15) is 36.6 Å². The molecule has 0 spiro atoms. The molecule has 4 nitrogen and oxygen atoms in total. The van der Waals surface area contributed by atoms with Gasteiger partial charge in [0.2, 0.25) is 0 Å². The Bertz CT molecular complexity index is 934. The first-order valence-corrected chi connectivity index (χ1v) is 9.14. The monoisotopic (exact) mass is 432 g/mol. The molecule has 0 fully saturated rings. The predicted octanol–water partition coefficient (Wildman–Crippen LogP) is 5.41. The molecule has 0 radical (unpaired) electrons. The quantitative estimate of drug-likeness (QED) is 0.606. The predicted molar refractivity (Wildman–Crippen MR) is 102 cm³/mol. The maximum Gasteiger partial charge on any atom is 0.319 e. The Kier molecular flexibility index (Phi) is 5.29. The lowest BCUT2D eigenvalue weighted by molar-refractivity contribution is -0.163. The highest BCUT2D eigenvalue weighted by Crippen LogP contribution is 2.52. The zero-order valence-electron chi connectivity index (χ0n) is 14.9. The lowest BCUT2D eigenvalue weighted by Gasteiger charge is -2.26. The minimum Gasteiger partial charge on any atom is -0.379 e. The summed E-state index contributed by atoms with van der Waals surface area (Å²) in [5, 5.41) is 15.0.